The number of carbonyl (C=O) groups is 2. The average Bonchev–Trinajstić information content (AvgIpc) is 3.53. The predicted molar refractivity (Wildman–Crippen MR) is 101 cm³/mol. The van der Waals surface area contributed by atoms with Gasteiger partial charge in [-0.2, -0.15) is 0 Å². The fraction of sp³-hybridized carbons (Fsp3) is 0.333. The molecule has 6 nitrogen and oxygen atoms in total. The Labute approximate surface area is 162 Å². The lowest BCUT2D eigenvalue weighted by Gasteiger charge is -2.19. The first kappa shape index (κ1) is 18.3. The summed E-state index contributed by atoms with van der Waals surface area (Å²) in [7, 11) is 0. The highest BCUT2D eigenvalue weighted by Crippen LogP contribution is 2.42. The molecule has 28 heavy (non-hydrogen) atoms. The summed E-state index contributed by atoms with van der Waals surface area (Å²) in [6.45, 7) is 0.824. The molecule has 2 aromatic rings. The smallest absolute Gasteiger partial charge is 0.243 e. The molecule has 0 saturated heterocycles. The van der Waals surface area contributed by atoms with Gasteiger partial charge in [-0.3, -0.25) is 9.59 Å². The molecular formula is C21H21FN2O4. The summed E-state index contributed by atoms with van der Waals surface area (Å²) in [5.74, 6) is 0.221. The number of ether oxygens (including phenoxy) is 2. The number of fused-ring (bicyclic) bond motifs is 1. The van der Waals surface area contributed by atoms with Gasteiger partial charge < -0.3 is 20.1 Å². The number of carbonyl (C=O) groups excluding carboxylic acids is 2. The molecule has 1 fully saturated rings. The maximum absolute atomic E-state index is 13.2. The van der Waals surface area contributed by atoms with E-state index in [2.05, 4.69) is 10.6 Å². The molecule has 1 heterocycles. The first-order valence-electron chi connectivity index (χ1n) is 9.33. The molecule has 1 aliphatic heterocycles. The van der Waals surface area contributed by atoms with Crippen LogP contribution in [0.4, 0.5) is 10.1 Å². The molecule has 2 aliphatic rings. The van der Waals surface area contributed by atoms with E-state index in [9.17, 15) is 14.0 Å². The number of rotatable bonds is 6. The number of amides is 2. The number of halogens is 1. The van der Waals surface area contributed by atoms with Crippen LogP contribution >= 0.6 is 0 Å². The highest BCUT2D eigenvalue weighted by molar-refractivity contribution is 5.96. The number of anilines is 1. The molecule has 2 amide bonds. The average molecular weight is 384 g/mol. The highest BCUT2D eigenvalue weighted by atomic mass is 19.1. The first-order valence-corrected chi connectivity index (χ1v) is 9.33. The van der Waals surface area contributed by atoms with Crippen LogP contribution in [0.25, 0.3) is 0 Å². The van der Waals surface area contributed by atoms with Crippen LogP contribution in [-0.4, -0.2) is 31.6 Å². The van der Waals surface area contributed by atoms with Crippen LogP contribution in [-0.2, 0) is 9.59 Å². The van der Waals surface area contributed by atoms with E-state index >= 15 is 0 Å². The quantitative estimate of drug-likeness (QED) is 0.803. The molecule has 0 aromatic heterocycles. The van der Waals surface area contributed by atoms with E-state index in [4.69, 9.17) is 9.47 Å². The highest BCUT2D eigenvalue weighted by Gasteiger charge is 2.37. The second-order valence-corrected chi connectivity index (χ2v) is 6.99. The lowest BCUT2D eigenvalue weighted by Crippen LogP contribution is -2.36. The summed E-state index contributed by atoms with van der Waals surface area (Å²) in [6.07, 6.45) is 1.91. The van der Waals surface area contributed by atoms with Crippen molar-refractivity contribution in [3.05, 3.63) is 53.8 Å². The van der Waals surface area contributed by atoms with Gasteiger partial charge in [0.15, 0.2) is 11.5 Å². The van der Waals surface area contributed by atoms with Crippen molar-refractivity contribution in [2.75, 3.05) is 25.1 Å². The van der Waals surface area contributed by atoms with Crippen molar-refractivity contribution in [2.24, 2.45) is 5.92 Å². The van der Waals surface area contributed by atoms with Gasteiger partial charge in [-0.1, -0.05) is 12.1 Å². The summed E-state index contributed by atoms with van der Waals surface area (Å²) in [5.41, 5.74) is 1.34. The lowest BCUT2D eigenvalue weighted by atomic mass is 9.93. The second kappa shape index (κ2) is 7.88. The fourth-order valence-electron chi connectivity index (χ4n) is 3.34. The third-order valence-corrected chi connectivity index (χ3v) is 4.85. The Hall–Kier alpha value is -3.09. The number of benzene rings is 2. The zero-order valence-corrected chi connectivity index (χ0v) is 15.2. The summed E-state index contributed by atoms with van der Waals surface area (Å²) in [4.78, 5) is 24.9. The van der Waals surface area contributed by atoms with Crippen molar-refractivity contribution >= 4 is 17.5 Å². The standard InChI is InChI=1S/C21H21FN2O4/c22-15-5-3-14(4-6-15)20(13-1-2-13)21(26)23-12-19(25)24-16-7-8-17-18(11-16)28-10-9-27-17/h3-8,11,13,20H,1-2,9-10,12H2,(H,23,26)(H,24,25). The minimum atomic E-state index is -0.359. The number of nitrogens with one attached hydrogen (secondary N) is 2. The second-order valence-electron chi connectivity index (χ2n) is 6.99. The van der Waals surface area contributed by atoms with E-state index in [0.717, 1.165) is 18.4 Å². The first-order chi connectivity index (χ1) is 13.6. The Bertz CT molecular complexity index is 880. The van der Waals surface area contributed by atoms with E-state index < -0.39 is 0 Å². The molecule has 0 spiro atoms. The monoisotopic (exact) mass is 384 g/mol. The van der Waals surface area contributed by atoms with Gasteiger partial charge in [0, 0.05) is 11.8 Å². The molecule has 1 unspecified atom stereocenters. The van der Waals surface area contributed by atoms with Crippen LogP contribution < -0.4 is 20.1 Å². The Morgan fingerprint density at radius 1 is 1.04 bits per heavy atom. The fourth-order valence-corrected chi connectivity index (χ4v) is 3.34. The third-order valence-electron chi connectivity index (χ3n) is 4.85. The third kappa shape index (κ3) is 4.24. The van der Waals surface area contributed by atoms with Gasteiger partial charge in [-0.25, -0.2) is 4.39 Å². The van der Waals surface area contributed by atoms with Crippen LogP contribution in [0.2, 0.25) is 0 Å². The maximum Gasteiger partial charge on any atom is 0.243 e. The SMILES string of the molecule is O=C(CNC(=O)C(c1ccc(F)cc1)C1CC1)Nc1ccc2c(c1)OCCO2. The van der Waals surface area contributed by atoms with Crippen LogP contribution in [0, 0.1) is 11.7 Å². The molecule has 1 atom stereocenters. The van der Waals surface area contributed by atoms with Crippen molar-refractivity contribution in [1.82, 2.24) is 5.32 Å². The number of hydrogen-bond donors (Lipinski definition) is 2. The van der Waals surface area contributed by atoms with Gasteiger partial charge >= 0.3 is 0 Å². The Morgan fingerprint density at radius 3 is 2.46 bits per heavy atom. The Balaban J connectivity index is 1.34. The predicted octanol–water partition coefficient (Wildman–Crippen LogP) is 2.85. The van der Waals surface area contributed by atoms with Gasteiger partial charge in [0.1, 0.15) is 19.0 Å². The van der Waals surface area contributed by atoms with Crippen LogP contribution in [0.15, 0.2) is 42.5 Å². The Kier molecular flexibility index (Phi) is 5.14. The zero-order valence-electron chi connectivity index (χ0n) is 15.2. The Morgan fingerprint density at radius 2 is 1.75 bits per heavy atom. The maximum atomic E-state index is 13.2. The van der Waals surface area contributed by atoms with Gasteiger partial charge in [-0.05, 0) is 48.6 Å². The van der Waals surface area contributed by atoms with Crippen molar-refractivity contribution < 1.29 is 23.5 Å². The van der Waals surface area contributed by atoms with Gasteiger partial charge in [0.05, 0.1) is 12.5 Å². The van der Waals surface area contributed by atoms with Crippen molar-refractivity contribution in [3.63, 3.8) is 0 Å². The minimum Gasteiger partial charge on any atom is -0.486 e. The van der Waals surface area contributed by atoms with Gasteiger partial charge in [0.25, 0.3) is 0 Å². The van der Waals surface area contributed by atoms with Crippen molar-refractivity contribution in [2.45, 2.75) is 18.8 Å². The van der Waals surface area contributed by atoms with Gasteiger partial charge in [0.2, 0.25) is 11.8 Å². The van der Waals surface area contributed by atoms with Gasteiger partial charge in [-0.15, -0.1) is 0 Å². The van der Waals surface area contributed by atoms with Crippen molar-refractivity contribution in [1.29, 1.82) is 0 Å². The molecular weight excluding hydrogens is 363 g/mol. The summed E-state index contributed by atoms with van der Waals surface area (Å²) >= 11 is 0. The normalized spacial score (nSPS) is 16.2. The lowest BCUT2D eigenvalue weighted by molar-refractivity contribution is -0.125. The van der Waals surface area contributed by atoms with E-state index in [1.54, 1.807) is 30.3 Å². The molecule has 2 aromatic carbocycles. The molecule has 146 valence electrons. The van der Waals surface area contributed by atoms with E-state index in [1.165, 1.54) is 12.1 Å². The molecule has 0 bridgehead atoms. The molecule has 1 saturated carbocycles. The largest absolute Gasteiger partial charge is 0.486 e. The van der Waals surface area contributed by atoms with Crippen LogP contribution in [0.3, 0.4) is 0 Å². The van der Waals surface area contributed by atoms with E-state index in [-0.39, 0.29) is 36.0 Å². The van der Waals surface area contributed by atoms with E-state index in [1.807, 2.05) is 0 Å². The summed E-state index contributed by atoms with van der Waals surface area (Å²) in [6, 6.07) is 11.1. The molecule has 2 N–H and O–H groups in total. The summed E-state index contributed by atoms with van der Waals surface area (Å²) < 4.78 is 24.1. The molecule has 1 aliphatic carbocycles. The van der Waals surface area contributed by atoms with Crippen molar-refractivity contribution in [3.8, 4) is 11.5 Å². The molecule has 4 rings (SSSR count). The molecule has 7 heteroatoms. The minimum absolute atomic E-state index is 0.141. The number of hydrogen-bond acceptors (Lipinski definition) is 4. The summed E-state index contributed by atoms with van der Waals surface area (Å²) in [5, 5.41) is 5.44. The topological polar surface area (TPSA) is 76.7 Å². The van der Waals surface area contributed by atoms with E-state index in [0.29, 0.717) is 30.4 Å². The molecule has 0 radical (unpaired) electrons. The zero-order chi connectivity index (χ0) is 19.5. The van der Waals surface area contributed by atoms with Crippen LogP contribution in [0.5, 0.6) is 11.5 Å². The van der Waals surface area contributed by atoms with Crippen LogP contribution in [0.1, 0.15) is 24.3 Å².